The first-order valence-electron chi connectivity index (χ1n) is 7.32. The number of aliphatic hydroxyl groups is 1. The molecule has 0 saturated carbocycles. The second-order valence-corrected chi connectivity index (χ2v) is 5.63. The summed E-state index contributed by atoms with van der Waals surface area (Å²) in [6, 6.07) is 9.88. The van der Waals surface area contributed by atoms with E-state index in [4.69, 9.17) is 0 Å². The molecule has 0 bridgehead atoms. The minimum atomic E-state index is 0.270. The molecule has 2 rings (SSSR count). The van der Waals surface area contributed by atoms with Gasteiger partial charge < -0.3 is 10.0 Å². The van der Waals surface area contributed by atoms with Crippen LogP contribution in [0.1, 0.15) is 25.8 Å². The van der Waals surface area contributed by atoms with E-state index in [2.05, 4.69) is 55.0 Å². The van der Waals surface area contributed by atoms with Crippen LogP contribution in [0.2, 0.25) is 0 Å². The lowest BCUT2D eigenvalue weighted by Gasteiger charge is -2.45. The highest BCUT2D eigenvalue weighted by atomic mass is 16.3. The van der Waals surface area contributed by atoms with E-state index in [1.807, 2.05) is 0 Å². The smallest absolute Gasteiger partial charge is 0.0446 e. The fourth-order valence-electron chi connectivity index (χ4n) is 2.95. The van der Waals surface area contributed by atoms with Crippen molar-refractivity contribution in [2.45, 2.75) is 38.8 Å². The van der Waals surface area contributed by atoms with Gasteiger partial charge in [0, 0.05) is 37.5 Å². The Morgan fingerprint density at radius 2 is 1.89 bits per heavy atom. The summed E-state index contributed by atoms with van der Waals surface area (Å²) < 4.78 is 0. The summed E-state index contributed by atoms with van der Waals surface area (Å²) in [7, 11) is 2.16. The number of nitrogens with zero attached hydrogens (tertiary/aromatic N) is 2. The molecule has 1 N–H and O–H groups in total. The molecule has 1 fully saturated rings. The van der Waals surface area contributed by atoms with Crippen molar-refractivity contribution in [3.05, 3.63) is 29.8 Å². The molecule has 1 aromatic carbocycles. The second kappa shape index (κ2) is 6.40. The number of hydrogen-bond acceptors (Lipinski definition) is 3. The normalized spacial score (nSPS) is 24.7. The summed E-state index contributed by atoms with van der Waals surface area (Å²) in [5.41, 5.74) is 2.69. The van der Waals surface area contributed by atoms with Crippen LogP contribution in [0.5, 0.6) is 0 Å². The first-order chi connectivity index (χ1) is 9.15. The molecular formula is C16H26N2O. The third kappa shape index (κ3) is 3.28. The quantitative estimate of drug-likeness (QED) is 0.900. The fraction of sp³-hybridized carbons (Fsp3) is 0.625. The van der Waals surface area contributed by atoms with Crippen molar-refractivity contribution in [3.8, 4) is 0 Å². The van der Waals surface area contributed by atoms with E-state index in [0.29, 0.717) is 12.1 Å². The molecule has 0 spiro atoms. The maximum Gasteiger partial charge on any atom is 0.0446 e. The van der Waals surface area contributed by atoms with E-state index in [0.717, 1.165) is 25.9 Å². The zero-order chi connectivity index (χ0) is 13.8. The third-order valence-electron chi connectivity index (χ3n) is 4.25. The Morgan fingerprint density at radius 1 is 1.21 bits per heavy atom. The minimum absolute atomic E-state index is 0.270. The van der Waals surface area contributed by atoms with Gasteiger partial charge in [-0.15, -0.1) is 0 Å². The molecule has 106 valence electrons. The zero-order valence-electron chi connectivity index (χ0n) is 12.3. The predicted molar refractivity (Wildman–Crippen MR) is 80.7 cm³/mol. The third-order valence-corrected chi connectivity index (χ3v) is 4.25. The highest BCUT2D eigenvalue weighted by Gasteiger charge is 2.28. The molecule has 2 atom stereocenters. The number of likely N-dealkylation sites (N-methyl/N-ethyl adjacent to an activating group) is 1. The first-order valence-corrected chi connectivity index (χ1v) is 7.32. The van der Waals surface area contributed by atoms with Gasteiger partial charge in [-0.1, -0.05) is 19.1 Å². The van der Waals surface area contributed by atoms with Gasteiger partial charge in [0.05, 0.1) is 0 Å². The van der Waals surface area contributed by atoms with E-state index in [-0.39, 0.29) is 6.61 Å². The van der Waals surface area contributed by atoms with Gasteiger partial charge in [0.25, 0.3) is 0 Å². The number of piperazine rings is 1. The number of hydrogen-bond donors (Lipinski definition) is 1. The topological polar surface area (TPSA) is 26.7 Å². The number of rotatable bonds is 4. The van der Waals surface area contributed by atoms with E-state index in [1.165, 1.54) is 11.3 Å². The van der Waals surface area contributed by atoms with Gasteiger partial charge in [-0.3, -0.25) is 4.90 Å². The fourth-order valence-corrected chi connectivity index (χ4v) is 2.95. The number of aryl methyl sites for hydroxylation is 1. The summed E-state index contributed by atoms with van der Waals surface area (Å²) in [5.74, 6) is 0. The molecule has 3 nitrogen and oxygen atoms in total. The molecule has 3 heteroatoms. The highest BCUT2D eigenvalue weighted by molar-refractivity contribution is 5.49. The van der Waals surface area contributed by atoms with Crippen LogP contribution >= 0.6 is 0 Å². The number of aliphatic hydroxyl groups excluding tert-OH is 1. The van der Waals surface area contributed by atoms with Gasteiger partial charge in [0.1, 0.15) is 0 Å². The van der Waals surface area contributed by atoms with Crippen molar-refractivity contribution in [3.63, 3.8) is 0 Å². The molecule has 1 aliphatic rings. The van der Waals surface area contributed by atoms with Crippen LogP contribution in [0.15, 0.2) is 24.3 Å². The molecule has 1 aliphatic heterocycles. The molecule has 1 aromatic rings. The van der Waals surface area contributed by atoms with Crippen LogP contribution in [0, 0.1) is 0 Å². The Morgan fingerprint density at radius 3 is 2.47 bits per heavy atom. The van der Waals surface area contributed by atoms with Crippen molar-refractivity contribution >= 4 is 5.69 Å². The Labute approximate surface area is 116 Å². The molecule has 1 saturated heterocycles. The summed E-state index contributed by atoms with van der Waals surface area (Å²) in [4.78, 5) is 4.84. The largest absolute Gasteiger partial charge is 0.396 e. The van der Waals surface area contributed by atoms with Crippen LogP contribution in [0.4, 0.5) is 5.69 Å². The summed E-state index contributed by atoms with van der Waals surface area (Å²) in [6.07, 6.45) is 1.94. The van der Waals surface area contributed by atoms with Gasteiger partial charge in [0.2, 0.25) is 0 Å². The Balaban J connectivity index is 2.12. The maximum absolute atomic E-state index is 9.18. The molecule has 1 heterocycles. The van der Waals surface area contributed by atoms with Gasteiger partial charge in [-0.05, 0) is 44.5 Å². The Kier molecular flexibility index (Phi) is 4.83. The van der Waals surface area contributed by atoms with Crippen LogP contribution in [-0.4, -0.2) is 48.8 Å². The van der Waals surface area contributed by atoms with Crippen molar-refractivity contribution in [2.75, 3.05) is 31.6 Å². The second-order valence-electron chi connectivity index (χ2n) is 5.63. The average molecular weight is 262 g/mol. The lowest BCUT2D eigenvalue weighted by atomic mass is 10.0. The first kappa shape index (κ1) is 14.4. The number of benzene rings is 1. The van der Waals surface area contributed by atoms with Crippen LogP contribution in [0.25, 0.3) is 0 Å². The highest BCUT2D eigenvalue weighted by Crippen LogP contribution is 2.24. The van der Waals surface area contributed by atoms with Crippen LogP contribution < -0.4 is 4.90 Å². The molecule has 0 aromatic heterocycles. The predicted octanol–water partition coefficient (Wildman–Crippen LogP) is 2.14. The van der Waals surface area contributed by atoms with Gasteiger partial charge >= 0.3 is 0 Å². The van der Waals surface area contributed by atoms with E-state index in [9.17, 15) is 5.11 Å². The summed E-state index contributed by atoms with van der Waals surface area (Å²) >= 11 is 0. The van der Waals surface area contributed by atoms with Crippen LogP contribution in [0.3, 0.4) is 0 Å². The lowest BCUT2D eigenvalue weighted by molar-refractivity contribution is 0.154. The molecule has 2 unspecified atom stereocenters. The van der Waals surface area contributed by atoms with Crippen molar-refractivity contribution in [1.29, 1.82) is 0 Å². The lowest BCUT2D eigenvalue weighted by Crippen LogP contribution is -2.56. The van der Waals surface area contributed by atoms with Crippen LogP contribution in [-0.2, 0) is 6.42 Å². The summed E-state index contributed by atoms with van der Waals surface area (Å²) in [6.45, 7) is 6.79. The van der Waals surface area contributed by atoms with Gasteiger partial charge in [0.15, 0.2) is 0 Å². The molecule has 19 heavy (non-hydrogen) atoms. The van der Waals surface area contributed by atoms with E-state index < -0.39 is 0 Å². The molecule has 0 amide bonds. The molecule has 0 radical (unpaired) electrons. The Bertz CT molecular complexity index is 390. The van der Waals surface area contributed by atoms with Crippen molar-refractivity contribution < 1.29 is 5.11 Å². The Hall–Kier alpha value is -1.06. The van der Waals surface area contributed by atoms with E-state index in [1.54, 1.807) is 0 Å². The van der Waals surface area contributed by atoms with Crippen molar-refractivity contribution in [2.24, 2.45) is 0 Å². The SMILES string of the molecule is CCc1ccc(N2CC(CCO)N(C)CC2C)cc1. The van der Waals surface area contributed by atoms with Crippen molar-refractivity contribution in [1.82, 2.24) is 4.90 Å². The maximum atomic E-state index is 9.18. The number of anilines is 1. The molecule has 0 aliphatic carbocycles. The average Bonchev–Trinajstić information content (AvgIpc) is 2.42. The van der Waals surface area contributed by atoms with Gasteiger partial charge in [-0.25, -0.2) is 0 Å². The summed E-state index contributed by atoms with van der Waals surface area (Å²) in [5, 5.41) is 9.18. The monoisotopic (exact) mass is 262 g/mol. The van der Waals surface area contributed by atoms with E-state index >= 15 is 0 Å². The standard InChI is InChI=1S/C16H26N2O/c1-4-14-5-7-15(8-6-14)18-12-16(9-10-19)17(3)11-13(18)2/h5-8,13,16,19H,4,9-12H2,1-3H3. The van der Waals surface area contributed by atoms with Gasteiger partial charge in [-0.2, -0.15) is 0 Å². The zero-order valence-corrected chi connectivity index (χ0v) is 12.3. The minimum Gasteiger partial charge on any atom is -0.396 e. The molecular weight excluding hydrogens is 236 g/mol.